The molecule has 0 aliphatic carbocycles. The van der Waals surface area contributed by atoms with Gasteiger partial charge < -0.3 is 9.64 Å². The molecule has 3 heterocycles. The summed E-state index contributed by atoms with van der Waals surface area (Å²) in [5.74, 6) is 0. The van der Waals surface area contributed by atoms with Crippen LogP contribution in [0.4, 0.5) is 0 Å². The number of rotatable bonds is 4. The lowest BCUT2D eigenvalue weighted by Gasteiger charge is -2.24. The highest BCUT2D eigenvalue weighted by Crippen LogP contribution is 2.25. The Morgan fingerprint density at radius 1 is 1.08 bits per heavy atom. The van der Waals surface area contributed by atoms with E-state index in [-0.39, 0.29) is 0 Å². The Labute approximate surface area is 150 Å². The largest absolute Gasteiger partial charge is 0.373 e. The van der Waals surface area contributed by atoms with Gasteiger partial charge >= 0.3 is 0 Å². The zero-order valence-electron chi connectivity index (χ0n) is 15.2. The molecule has 2 atom stereocenters. The molecule has 4 nitrogen and oxygen atoms in total. The Bertz CT molecular complexity index is 704. The first-order valence-electron chi connectivity index (χ1n) is 9.66. The van der Waals surface area contributed by atoms with Crippen molar-refractivity contribution in [3.8, 4) is 0 Å². The van der Waals surface area contributed by atoms with Crippen LogP contribution in [0, 0.1) is 0 Å². The Morgan fingerprint density at radius 2 is 2.00 bits per heavy atom. The van der Waals surface area contributed by atoms with Crippen molar-refractivity contribution in [3.63, 3.8) is 0 Å². The maximum atomic E-state index is 6.38. The van der Waals surface area contributed by atoms with Gasteiger partial charge in [-0.05, 0) is 69.6 Å². The first kappa shape index (κ1) is 17.0. The fourth-order valence-corrected chi connectivity index (χ4v) is 4.15. The number of pyridine rings is 1. The van der Waals surface area contributed by atoms with Crippen LogP contribution in [0.25, 0.3) is 10.9 Å². The van der Waals surface area contributed by atoms with E-state index in [1.165, 1.54) is 56.4 Å². The number of fused-ring (bicyclic) bond motifs is 1. The van der Waals surface area contributed by atoms with Gasteiger partial charge in [0.1, 0.15) is 0 Å². The Morgan fingerprint density at radius 3 is 2.96 bits per heavy atom. The lowest BCUT2D eigenvalue weighted by Crippen LogP contribution is -2.35. The number of benzene rings is 1. The second-order valence-corrected chi connectivity index (χ2v) is 7.65. The Kier molecular flexibility index (Phi) is 5.30. The fraction of sp³-hybridized carbons (Fsp3) is 0.571. The Hall–Kier alpha value is -1.49. The van der Waals surface area contributed by atoms with E-state index in [1.807, 2.05) is 12.3 Å². The maximum absolute atomic E-state index is 6.38. The topological polar surface area (TPSA) is 28.6 Å². The fourth-order valence-electron chi connectivity index (χ4n) is 4.15. The Balaban J connectivity index is 1.31. The predicted molar refractivity (Wildman–Crippen MR) is 102 cm³/mol. The number of likely N-dealkylation sites (N-methyl/N-ethyl adjacent to an activating group) is 1. The van der Waals surface area contributed by atoms with Gasteiger partial charge in [0.15, 0.2) is 0 Å². The number of ether oxygens (including phenoxy) is 1. The van der Waals surface area contributed by atoms with Crippen molar-refractivity contribution >= 4 is 10.9 Å². The van der Waals surface area contributed by atoms with Crippen LogP contribution in [0.2, 0.25) is 0 Å². The van der Waals surface area contributed by atoms with Crippen LogP contribution in [0.15, 0.2) is 36.5 Å². The van der Waals surface area contributed by atoms with Gasteiger partial charge in [0.05, 0.1) is 17.7 Å². The van der Waals surface area contributed by atoms with E-state index >= 15 is 0 Å². The molecule has 0 amide bonds. The van der Waals surface area contributed by atoms with Crippen LogP contribution in [0.5, 0.6) is 0 Å². The number of nitrogens with zero attached hydrogens (tertiary/aromatic N) is 3. The van der Waals surface area contributed by atoms with Crippen molar-refractivity contribution in [1.29, 1.82) is 0 Å². The molecule has 25 heavy (non-hydrogen) atoms. The first-order valence-corrected chi connectivity index (χ1v) is 9.66. The summed E-state index contributed by atoms with van der Waals surface area (Å²) in [5.41, 5.74) is 2.44. The normalized spacial score (nSPS) is 26.1. The van der Waals surface area contributed by atoms with Crippen LogP contribution in [0.1, 0.15) is 24.8 Å². The third-order valence-corrected chi connectivity index (χ3v) is 5.60. The predicted octanol–water partition coefficient (Wildman–Crippen LogP) is 2.96. The molecule has 2 aromatic rings. The highest BCUT2D eigenvalue weighted by molar-refractivity contribution is 5.78. The molecular weight excluding hydrogens is 310 g/mol. The number of hydrogen-bond donors (Lipinski definition) is 0. The molecule has 0 saturated carbocycles. The zero-order chi connectivity index (χ0) is 17.1. The summed E-state index contributed by atoms with van der Waals surface area (Å²) in [6.07, 6.45) is 7.31. The van der Waals surface area contributed by atoms with Gasteiger partial charge in [-0.15, -0.1) is 0 Å². The van der Waals surface area contributed by atoms with Crippen LogP contribution in [-0.4, -0.2) is 66.8 Å². The summed E-state index contributed by atoms with van der Waals surface area (Å²) in [7, 11) is 2.23. The van der Waals surface area contributed by atoms with Gasteiger partial charge in [0.25, 0.3) is 0 Å². The SMILES string of the molecule is CN1CCCN(C[C@H]2CC[C@@H](Cc3ccc4ncccc4c3)O2)CC1. The molecule has 1 aromatic carbocycles. The standard InChI is InChI=1S/C21H29N3O/c1-23-10-3-11-24(13-12-23)16-20-7-6-19(25-20)15-17-5-8-21-18(14-17)4-2-9-22-21/h2,4-5,8-9,14,19-20H,3,6-7,10-13,15-16H2,1H3/t19-,20+/m0/s1. The van der Waals surface area contributed by atoms with E-state index in [0.717, 1.165) is 18.5 Å². The van der Waals surface area contributed by atoms with E-state index in [9.17, 15) is 0 Å². The maximum Gasteiger partial charge on any atom is 0.0706 e. The molecule has 2 saturated heterocycles. The molecule has 0 radical (unpaired) electrons. The van der Waals surface area contributed by atoms with Gasteiger partial charge in [-0.25, -0.2) is 0 Å². The lowest BCUT2D eigenvalue weighted by molar-refractivity contribution is 0.0241. The molecule has 134 valence electrons. The smallest absolute Gasteiger partial charge is 0.0706 e. The first-order chi connectivity index (χ1) is 12.3. The van der Waals surface area contributed by atoms with Crippen molar-refractivity contribution in [2.45, 2.75) is 37.9 Å². The number of aromatic nitrogens is 1. The molecule has 0 unspecified atom stereocenters. The molecule has 1 aromatic heterocycles. The molecule has 0 spiro atoms. The summed E-state index contributed by atoms with van der Waals surface area (Å²) >= 11 is 0. The van der Waals surface area contributed by atoms with Crippen LogP contribution >= 0.6 is 0 Å². The minimum atomic E-state index is 0.369. The minimum Gasteiger partial charge on any atom is -0.373 e. The van der Waals surface area contributed by atoms with Gasteiger partial charge in [0.2, 0.25) is 0 Å². The van der Waals surface area contributed by atoms with E-state index < -0.39 is 0 Å². The average Bonchev–Trinajstić information content (AvgIpc) is 2.95. The molecular formula is C21H29N3O. The molecule has 2 aliphatic heterocycles. The molecule has 4 rings (SSSR count). The van der Waals surface area contributed by atoms with Crippen molar-refractivity contribution < 1.29 is 4.74 Å². The van der Waals surface area contributed by atoms with E-state index in [1.54, 1.807) is 0 Å². The van der Waals surface area contributed by atoms with Gasteiger partial charge in [-0.1, -0.05) is 12.1 Å². The summed E-state index contributed by atoms with van der Waals surface area (Å²) in [6, 6.07) is 10.7. The van der Waals surface area contributed by atoms with Gasteiger partial charge in [-0.3, -0.25) is 9.88 Å². The van der Waals surface area contributed by atoms with Crippen molar-refractivity contribution in [2.24, 2.45) is 0 Å². The summed E-state index contributed by atoms with van der Waals surface area (Å²) in [5, 5.41) is 1.23. The summed E-state index contributed by atoms with van der Waals surface area (Å²) in [4.78, 5) is 9.44. The van der Waals surface area contributed by atoms with Crippen molar-refractivity contribution in [2.75, 3.05) is 39.8 Å². The van der Waals surface area contributed by atoms with Crippen molar-refractivity contribution in [3.05, 3.63) is 42.1 Å². The molecule has 2 aliphatic rings. The second-order valence-electron chi connectivity index (χ2n) is 7.65. The molecule has 4 heteroatoms. The lowest BCUT2D eigenvalue weighted by atomic mass is 10.0. The van der Waals surface area contributed by atoms with Gasteiger partial charge in [-0.2, -0.15) is 0 Å². The third-order valence-electron chi connectivity index (χ3n) is 5.60. The zero-order valence-corrected chi connectivity index (χ0v) is 15.2. The van der Waals surface area contributed by atoms with Crippen LogP contribution in [0.3, 0.4) is 0 Å². The average molecular weight is 339 g/mol. The van der Waals surface area contributed by atoms with Crippen LogP contribution < -0.4 is 0 Å². The van der Waals surface area contributed by atoms with Gasteiger partial charge in [0, 0.05) is 31.2 Å². The molecule has 2 fully saturated rings. The monoisotopic (exact) mass is 339 g/mol. The quantitative estimate of drug-likeness (QED) is 0.856. The van der Waals surface area contributed by atoms with Crippen molar-refractivity contribution in [1.82, 2.24) is 14.8 Å². The van der Waals surface area contributed by atoms with Crippen LogP contribution in [-0.2, 0) is 11.2 Å². The second kappa shape index (κ2) is 7.81. The molecule has 0 bridgehead atoms. The number of hydrogen-bond acceptors (Lipinski definition) is 4. The highest BCUT2D eigenvalue weighted by Gasteiger charge is 2.27. The summed E-state index contributed by atoms with van der Waals surface area (Å²) in [6.45, 7) is 5.90. The summed E-state index contributed by atoms with van der Waals surface area (Å²) < 4.78 is 6.38. The van der Waals surface area contributed by atoms with E-state index in [2.05, 4.69) is 46.1 Å². The minimum absolute atomic E-state index is 0.369. The highest BCUT2D eigenvalue weighted by atomic mass is 16.5. The van der Waals surface area contributed by atoms with E-state index in [4.69, 9.17) is 4.74 Å². The molecule has 0 N–H and O–H groups in total. The third kappa shape index (κ3) is 4.38. The van der Waals surface area contributed by atoms with E-state index in [0.29, 0.717) is 12.2 Å².